The van der Waals surface area contributed by atoms with Crippen molar-refractivity contribution in [1.82, 2.24) is 20.3 Å². The minimum atomic E-state index is -0.401. The van der Waals surface area contributed by atoms with Gasteiger partial charge in [-0.15, -0.1) is 0 Å². The van der Waals surface area contributed by atoms with Crippen molar-refractivity contribution in [2.24, 2.45) is 0 Å². The van der Waals surface area contributed by atoms with Gasteiger partial charge in [0.05, 0.1) is 61.8 Å². The van der Waals surface area contributed by atoms with Crippen LogP contribution in [0, 0.1) is 6.92 Å². The molecule has 5 rings (SSSR count). The molecule has 3 aromatic rings. The van der Waals surface area contributed by atoms with E-state index in [9.17, 15) is 4.79 Å². The molecule has 5 heterocycles. The number of nitrogens with zero attached hydrogens (tertiary/aromatic N) is 4. The number of carbonyl (C=O) groups excluding carboxylic acids is 1. The summed E-state index contributed by atoms with van der Waals surface area (Å²) in [6.45, 7) is 4.51. The molecule has 12 heteroatoms. The molecule has 0 aliphatic carbocycles. The molecule has 1 saturated heterocycles. The molecule has 0 saturated carbocycles. The molecule has 3 atom stereocenters. The van der Waals surface area contributed by atoms with Crippen molar-refractivity contribution in [1.29, 1.82) is 0 Å². The van der Waals surface area contributed by atoms with E-state index in [1.165, 1.54) is 11.3 Å². The van der Waals surface area contributed by atoms with Crippen LogP contribution in [0.15, 0.2) is 22.7 Å². The quantitative estimate of drug-likeness (QED) is 0.480. The summed E-state index contributed by atoms with van der Waals surface area (Å²) < 4.78 is 17.3. The van der Waals surface area contributed by atoms with Crippen LogP contribution in [0.25, 0.3) is 11.5 Å². The summed E-state index contributed by atoms with van der Waals surface area (Å²) >= 11 is 1.41. The van der Waals surface area contributed by atoms with Crippen LogP contribution in [0.3, 0.4) is 0 Å². The SMILES string of the molecule is COc1nc(-c2cnc(N3[C@@H]4COC[C@H]3c3sc(NC(=O)N[C@H](C)CO)nc3C4)o2)ccc1C. The highest BCUT2D eigenvalue weighted by Gasteiger charge is 2.42. The van der Waals surface area contributed by atoms with E-state index in [4.69, 9.17) is 19.0 Å². The number of carbonyl (C=O) groups is 1. The highest BCUT2D eigenvalue weighted by atomic mass is 32.1. The zero-order valence-electron chi connectivity index (χ0n) is 19.1. The summed E-state index contributed by atoms with van der Waals surface area (Å²) in [7, 11) is 1.59. The Hall–Kier alpha value is -3.22. The molecule has 3 aromatic heterocycles. The maximum absolute atomic E-state index is 12.2. The number of hydrogen-bond acceptors (Lipinski definition) is 10. The molecule has 34 heavy (non-hydrogen) atoms. The summed E-state index contributed by atoms with van der Waals surface area (Å²) in [6, 6.07) is 3.45. The highest BCUT2D eigenvalue weighted by molar-refractivity contribution is 7.16. The smallest absolute Gasteiger partial charge is 0.321 e. The average molecular weight is 487 g/mol. The molecule has 0 radical (unpaired) electrons. The van der Waals surface area contributed by atoms with Crippen molar-refractivity contribution in [3.8, 4) is 17.3 Å². The number of fused-ring (bicyclic) bond motifs is 4. The largest absolute Gasteiger partial charge is 0.481 e. The number of morpholine rings is 1. The fourth-order valence-electron chi connectivity index (χ4n) is 4.19. The second-order valence-electron chi connectivity index (χ2n) is 8.36. The molecule has 1 fully saturated rings. The second-order valence-corrected chi connectivity index (χ2v) is 9.39. The van der Waals surface area contributed by atoms with E-state index in [1.807, 2.05) is 19.1 Å². The van der Waals surface area contributed by atoms with Gasteiger partial charge < -0.3 is 29.2 Å². The number of aliphatic hydroxyl groups is 1. The van der Waals surface area contributed by atoms with Crippen molar-refractivity contribution in [2.45, 2.75) is 38.4 Å². The summed E-state index contributed by atoms with van der Waals surface area (Å²) in [4.78, 5) is 29.0. The van der Waals surface area contributed by atoms with E-state index in [1.54, 1.807) is 20.2 Å². The van der Waals surface area contributed by atoms with Crippen molar-refractivity contribution >= 4 is 28.5 Å². The van der Waals surface area contributed by atoms with Gasteiger partial charge in [0.2, 0.25) is 5.88 Å². The van der Waals surface area contributed by atoms with E-state index >= 15 is 0 Å². The maximum atomic E-state index is 12.2. The van der Waals surface area contributed by atoms with Gasteiger partial charge in [0, 0.05) is 12.0 Å². The molecular weight excluding hydrogens is 460 g/mol. The molecule has 2 aliphatic heterocycles. The first-order valence-electron chi connectivity index (χ1n) is 11.0. The van der Waals surface area contributed by atoms with Crippen LogP contribution in [0.1, 0.15) is 29.1 Å². The predicted octanol–water partition coefficient (Wildman–Crippen LogP) is 2.52. The van der Waals surface area contributed by atoms with E-state index < -0.39 is 6.03 Å². The third kappa shape index (κ3) is 4.19. The molecule has 0 unspecified atom stereocenters. The maximum Gasteiger partial charge on any atom is 0.321 e. The van der Waals surface area contributed by atoms with Crippen LogP contribution in [0.2, 0.25) is 0 Å². The van der Waals surface area contributed by atoms with Crippen molar-refractivity contribution < 1.29 is 23.8 Å². The number of rotatable bonds is 6. The second kappa shape index (κ2) is 9.20. The summed E-state index contributed by atoms with van der Waals surface area (Å²) in [6.07, 6.45) is 2.32. The number of oxazole rings is 1. The zero-order valence-corrected chi connectivity index (χ0v) is 19.9. The molecule has 11 nitrogen and oxygen atoms in total. The van der Waals surface area contributed by atoms with Gasteiger partial charge in [0.25, 0.3) is 6.01 Å². The number of urea groups is 1. The predicted molar refractivity (Wildman–Crippen MR) is 125 cm³/mol. The first-order chi connectivity index (χ1) is 16.5. The van der Waals surface area contributed by atoms with Crippen LogP contribution in [-0.4, -0.2) is 65.1 Å². The number of aromatic nitrogens is 3. The van der Waals surface area contributed by atoms with Crippen molar-refractivity contribution in [2.75, 3.05) is 37.1 Å². The number of anilines is 2. The standard InChI is InChI=1S/C22H26N6O5S/c1-11-4-5-14(25-19(11)31-3)17-7-23-22(33-17)28-13-6-15-18(16(28)10-32-9-13)34-21(26-15)27-20(30)24-12(2)8-29/h4-5,7,12-13,16,29H,6,8-10H2,1-3H3,(H2,24,26,27,30)/t12-,13+,16+/m1/s1. The minimum Gasteiger partial charge on any atom is -0.481 e. The number of pyridine rings is 1. The highest BCUT2D eigenvalue weighted by Crippen LogP contribution is 2.43. The van der Waals surface area contributed by atoms with Gasteiger partial charge in [0.1, 0.15) is 5.69 Å². The Kier molecular flexibility index (Phi) is 6.11. The van der Waals surface area contributed by atoms with Crippen LogP contribution < -0.4 is 20.3 Å². The Morgan fingerprint density at radius 1 is 1.38 bits per heavy atom. The topological polar surface area (TPSA) is 135 Å². The lowest BCUT2D eigenvalue weighted by Gasteiger charge is -2.43. The first kappa shape index (κ1) is 22.6. The Balaban J connectivity index is 1.39. The molecule has 2 amide bonds. The van der Waals surface area contributed by atoms with E-state index in [0.29, 0.717) is 48.1 Å². The number of thiazole rings is 1. The zero-order chi connectivity index (χ0) is 23.8. The lowest BCUT2D eigenvalue weighted by Crippen LogP contribution is -2.51. The number of nitrogens with one attached hydrogen (secondary N) is 2. The number of aryl methyl sites for hydroxylation is 1. The third-order valence-electron chi connectivity index (χ3n) is 5.86. The fourth-order valence-corrected chi connectivity index (χ4v) is 5.26. The third-order valence-corrected chi connectivity index (χ3v) is 6.97. The van der Waals surface area contributed by atoms with Crippen LogP contribution in [0.5, 0.6) is 5.88 Å². The van der Waals surface area contributed by atoms with Crippen molar-refractivity contribution in [3.63, 3.8) is 0 Å². The van der Waals surface area contributed by atoms with E-state index in [0.717, 1.165) is 16.1 Å². The monoisotopic (exact) mass is 486 g/mol. The Morgan fingerprint density at radius 2 is 2.24 bits per heavy atom. The molecule has 2 bridgehead atoms. The minimum absolute atomic E-state index is 0.0106. The number of aliphatic hydroxyl groups excluding tert-OH is 1. The van der Waals surface area contributed by atoms with E-state index in [-0.39, 0.29) is 24.7 Å². The van der Waals surface area contributed by atoms with Gasteiger partial charge in [-0.05, 0) is 19.9 Å². The van der Waals surface area contributed by atoms with Crippen molar-refractivity contribution in [3.05, 3.63) is 34.5 Å². The lowest BCUT2D eigenvalue weighted by molar-refractivity contribution is 0.0578. The van der Waals surface area contributed by atoms with Crippen LogP contribution in [0.4, 0.5) is 15.9 Å². The fraction of sp³-hybridized carbons (Fsp3) is 0.455. The molecule has 0 spiro atoms. The lowest BCUT2D eigenvalue weighted by atomic mass is 9.97. The summed E-state index contributed by atoms with van der Waals surface area (Å²) in [5.41, 5.74) is 2.53. The Labute approximate surface area is 200 Å². The normalized spacial score (nSPS) is 19.9. The number of amides is 2. The average Bonchev–Trinajstić information content (AvgIpc) is 3.46. The number of hydrogen-bond donors (Lipinski definition) is 3. The summed E-state index contributed by atoms with van der Waals surface area (Å²) in [5, 5.41) is 15.1. The Bertz CT molecular complexity index is 1200. The Morgan fingerprint density at radius 3 is 3.03 bits per heavy atom. The van der Waals surface area contributed by atoms with Gasteiger partial charge in [0.15, 0.2) is 10.9 Å². The van der Waals surface area contributed by atoms with Gasteiger partial charge in [-0.1, -0.05) is 17.4 Å². The molecular formula is C22H26N6O5S. The first-order valence-corrected chi connectivity index (χ1v) is 11.8. The van der Waals surface area contributed by atoms with E-state index in [2.05, 4.69) is 30.5 Å². The van der Waals surface area contributed by atoms with Gasteiger partial charge in [-0.3, -0.25) is 5.32 Å². The van der Waals surface area contributed by atoms with Gasteiger partial charge in [-0.2, -0.15) is 0 Å². The number of ether oxygens (including phenoxy) is 2. The number of methoxy groups -OCH3 is 1. The molecule has 180 valence electrons. The van der Waals surface area contributed by atoms with Crippen LogP contribution in [-0.2, 0) is 11.2 Å². The van der Waals surface area contributed by atoms with Gasteiger partial charge >= 0.3 is 6.03 Å². The molecule has 2 aliphatic rings. The molecule has 0 aromatic carbocycles. The molecule has 3 N–H and O–H groups in total. The summed E-state index contributed by atoms with van der Waals surface area (Å²) in [5.74, 6) is 1.10. The van der Waals surface area contributed by atoms with Crippen LogP contribution >= 0.6 is 11.3 Å². The van der Waals surface area contributed by atoms with Gasteiger partial charge in [-0.25, -0.2) is 19.7 Å².